The highest BCUT2D eigenvalue weighted by molar-refractivity contribution is 5.61. The van der Waals surface area contributed by atoms with Crippen molar-refractivity contribution in [3.8, 4) is 0 Å². The third-order valence-electron chi connectivity index (χ3n) is 5.06. The Labute approximate surface area is 109 Å². The fourth-order valence-corrected chi connectivity index (χ4v) is 3.59. The molecule has 1 aromatic carbocycles. The van der Waals surface area contributed by atoms with Gasteiger partial charge in [0.25, 0.3) is 0 Å². The van der Waals surface area contributed by atoms with Crippen LogP contribution in [0, 0.1) is 11.3 Å². The highest BCUT2D eigenvalue weighted by Crippen LogP contribution is 2.60. The van der Waals surface area contributed by atoms with Gasteiger partial charge in [0.05, 0.1) is 0 Å². The first-order valence-corrected chi connectivity index (χ1v) is 7.43. The maximum Gasteiger partial charge on any atom is 0.0419 e. The molecule has 96 valence electrons. The zero-order valence-electron chi connectivity index (χ0n) is 11.0. The molecule has 0 spiro atoms. The Balaban J connectivity index is 1.39. The number of nitrogens with one attached hydrogen (secondary N) is 2. The van der Waals surface area contributed by atoms with Crippen molar-refractivity contribution in [2.75, 3.05) is 18.4 Å². The third-order valence-corrected chi connectivity index (χ3v) is 5.06. The van der Waals surface area contributed by atoms with Crippen LogP contribution in [-0.2, 0) is 13.0 Å². The lowest BCUT2D eigenvalue weighted by Crippen LogP contribution is -2.25. The van der Waals surface area contributed by atoms with Gasteiger partial charge in [0, 0.05) is 25.3 Å². The van der Waals surface area contributed by atoms with Crippen LogP contribution in [0.1, 0.15) is 36.8 Å². The third kappa shape index (κ3) is 1.83. The van der Waals surface area contributed by atoms with Crippen molar-refractivity contribution in [2.45, 2.75) is 38.6 Å². The largest absolute Gasteiger partial charge is 0.384 e. The Kier molecular flexibility index (Phi) is 2.41. The van der Waals surface area contributed by atoms with Crippen LogP contribution in [-0.4, -0.2) is 13.1 Å². The molecule has 0 atom stereocenters. The molecule has 2 heteroatoms. The molecule has 0 aromatic heterocycles. The normalized spacial score (nSPS) is 23.6. The quantitative estimate of drug-likeness (QED) is 0.829. The van der Waals surface area contributed by atoms with E-state index in [1.807, 2.05) is 0 Å². The van der Waals surface area contributed by atoms with E-state index in [4.69, 9.17) is 0 Å². The Morgan fingerprint density at radius 2 is 2.17 bits per heavy atom. The molecule has 3 aliphatic rings. The monoisotopic (exact) mass is 242 g/mol. The maximum atomic E-state index is 3.72. The van der Waals surface area contributed by atoms with Crippen molar-refractivity contribution in [3.63, 3.8) is 0 Å². The molecule has 2 fully saturated rings. The molecular weight excluding hydrogens is 220 g/mol. The van der Waals surface area contributed by atoms with Gasteiger partial charge < -0.3 is 10.6 Å². The standard InChI is InChI=1S/C16H22N2/c1-2-12-6-9-18-15(12)13(3-1)10-17-11-16(7-8-16)14-4-5-14/h1-3,14,17-18H,4-11H2. The fraction of sp³-hybridized carbons (Fsp3) is 0.625. The second kappa shape index (κ2) is 3.99. The maximum absolute atomic E-state index is 3.72. The SMILES string of the molecule is c1cc2c(c(CNCC3(C4CC4)CC3)c1)NCC2. The van der Waals surface area contributed by atoms with Gasteiger partial charge in [-0.1, -0.05) is 18.2 Å². The van der Waals surface area contributed by atoms with E-state index in [9.17, 15) is 0 Å². The van der Waals surface area contributed by atoms with Crippen molar-refractivity contribution in [2.24, 2.45) is 11.3 Å². The predicted molar refractivity (Wildman–Crippen MR) is 74.7 cm³/mol. The Morgan fingerprint density at radius 1 is 1.28 bits per heavy atom. The minimum Gasteiger partial charge on any atom is -0.384 e. The van der Waals surface area contributed by atoms with Gasteiger partial charge in [0.1, 0.15) is 0 Å². The number of anilines is 1. The predicted octanol–water partition coefficient (Wildman–Crippen LogP) is 2.93. The lowest BCUT2D eigenvalue weighted by molar-refractivity contribution is 0.403. The highest BCUT2D eigenvalue weighted by atomic mass is 14.9. The van der Waals surface area contributed by atoms with Gasteiger partial charge in [-0.3, -0.25) is 0 Å². The summed E-state index contributed by atoms with van der Waals surface area (Å²) in [5, 5.41) is 7.24. The zero-order chi connectivity index (χ0) is 12.0. The van der Waals surface area contributed by atoms with Crippen LogP contribution in [0.4, 0.5) is 5.69 Å². The number of rotatable bonds is 5. The first kappa shape index (κ1) is 10.9. The lowest BCUT2D eigenvalue weighted by atomic mass is 10.0. The first-order valence-electron chi connectivity index (χ1n) is 7.43. The number of para-hydroxylation sites is 1. The molecule has 0 unspecified atom stereocenters. The van der Waals surface area contributed by atoms with E-state index in [1.54, 1.807) is 0 Å². The Hall–Kier alpha value is -1.02. The molecule has 2 N–H and O–H groups in total. The van der Waals surface area contributed by atoms with Crippen LogP contribution in [0.5, 0.6) is 0 Å². The van der Waals surface area contributed by atoms with E-state index in [0.717, 1.165) is 19.0 Å². The van der Waals surface area contributed by atoms with Crippen molar-refractivity contribution in [1.29, 1.82) is 0 Å². The minimum absolute atomic E-state index is 0.714. The van der Waals surface area contributed by atoms with E-state index in [0.29, 0.717) is 5.41 Å². The van der Waals surface area contributed by atoms with Gasteiger partial charge in [-0.25, -0.2) is 0 Å². The van der Waals surface area contributed by atoms with Crippen molar-refractivity contribution in [1.82, 2.24) is 5.32 Å². The number of benzene rings is 1. The van der Waals surface area contributed by atoms with Crippen molar-refractivity contribution >= 4 is 5.69 Å². The van der Waals surface area contributed by atoms with Crippen molar-refractivity contribution < 1.29 is 0 Å². The van der Waals surface area contributed by atoms with Gasteiger partial charge in [-0.2, -0.15) is 0 Å². The van der Waals surface area contributed by atoms with Crippen molar-refractivity contribution in [3.05, 3.63) is 29.3 Å². The van der Waals surface area contributed by atoms with Crippen LogP contribution in [0.25, 0.3) is 0 Å². The molecule has 4 rings (SSSR count). The topological polar surface area (TPSA) is 24.1 Å². The Bertz CT molecular complexity index is 458. The highest BCUT2D eigenvalue weighted by Gasteiger charge is 2.53. The molecule has 1 heterocycles. The summed E-state index contributed by atoms with van der Waals surface area (Å²) in [6, 6.07) is 6.73. The Morgan fingerprint density at radius 3 is 2.94 bits per heavy atom. The molecule has 0 bridgehead atoms. The first-order chi connectivity index (χ1) is 8.87. The number of hydrogen-bond donors (Lipinski definition) is 2. The molecule has 2 saturated carbocycles. The number of hydrogen-bond acceptors (Lipinski definition) is 2. The van der Waals surface area contributed by atoms with E-state index >= 15 is 0 Å². The summed E-state index contributed by atoms with van der Waals surface area (Å²) in [6.07, 6.45) is 7.11. The second-order valence-electron chi connectivity index (χ2n) is 6.37. The summed E-state index contributed by atoms with van der Waals surface area (Å²) in [5.41, 5.74) is 5.07. The van der Waals surface area contributed by atoms with Gasteiger partial charge in [-0.15, -0.1) is 0 Å². The molecule has 0 saturated heterocycles. The molecule has 1 aliphatic heterocycles. The average Bonchev–Trinajstić information content (AvgIpc) is 3.28. The van der Waals surface area contributed by atoms with Gasteiger partial charge >= 0.3 is 0 Å². The van der Waals surface area contributed by atoms with Gasteiger partial charge in [-0.05, 0) is 54.6 Å². The van der Waals surface area contributed by atoms with Crippen LogP contribution >= 0.6 is 0 Å². The minimum atomic E-state index is 0.714. The molecule has 2 aliphatic carbocycles. The molecule has 1 aromatic rings. The summed E-state index contributed by atoms with van der Waals surface area (Å²) in [6.45, 7) is 3.38. The van der Waals surface area contributed by atoms with Crippen LogP contribution in [0.15, 0.2) is 18.2 Å². The van der Waals surface area contributed by atoms with Crippen LogP contribution in [0.2, 0.25) is 0 Å². The van der Waals surface area contributed by atoms with Gasteiger partial charge in [0.2, 0.25) is 0 Å². The molecule has 18 heavy (non-hydrogen) atoms. The average molecular weight is 242 g/mol. The van der Waals surface area contributed by atoms with Gasteiger partial charge in [0.15, 0.2) is 0 Å². The molecule has 0 radical (unpaired) electrons. The molecular formula is C16H22N2. The summed E-state index contributed by atoms with van der Waals surface area (Å²) in [5.74, 6) is 1.06. The van der Waals surface area contributed by atoms with E-state index < -0.39 is 0 Å². The molecule has 2 nitrogen and oxygen atoms in total. The number of fused-ring (bicyclic) bond motifs is 1. The van der Waals surface area contributed by atoms with E-state index in [-0.39, 0.29) is 0 Å². The molecule has 0 amide bonds. The van der Waals surface area contributed by atoms with E-state index in [1.165, 1.54) is 55.5 Å². The second-order valence-corrected chi connectivity index (χ2v) is 6.37. The summed E-state index contributed by atoms with van der Waals surface area (Å²) < 4.78 is 0. The smallest absolute Gasteiger partial charge is 0.0419 e. The summed E-state index contributed by atoms with van der Waals surface area (Å²) in [7, 11) is 0. The summed E-state index contributed by atoms with van der Waals surface area (Å²) in [4.78, 5) is 0. The van der Waals surface area contributed by atoms with Crippen LogP contribution in [0.3, 0.4) is 0 Å². The summed E-state index contributed by atoms with van der Waals surface area (Å²) >= 11 is 0. The van der Waals surface area contributed by atoms with E-state index in [2.05, 4.69) is 28.8 Å². The zero-order valence-corrected chi connectivity index (χ0v) is 11.0. The fourth-order valence-electron chi connectivity index (χ4n) is 3.59. The van der Waals surface area contributed by atoms with Crippen LogP contribution < -0.4 is 10.6 Å². The lowest BCUT2D eigenvalue weighted by Gasteiger charge is -2.16.